The number of nitrogens with one attached hydrogen (secondary N) is 1. The van der Waals surface area contributed by atoms with E-state index < -0.39 is 22.0 Å². The van der Waals surface area contributed by atoms with Gasteiger partial charge in [-0.2, -0.15) is 4.72 Å². The molecule has 0 spiro atoms. The lowest BCUT2D eigenvalue weighted by atomic mass is 10.2. The Balaban J connectivity index is 2.96. The van der Waals surface area contributed by atoms with E-state index in [2.05, 4.69) is 20.7 Å². The Kier molecular flexibility index (Phi) is 5.32. The van der Waals surface area contributed by atoms with Crippen LogP contribution in [0, 0.1) is 6.92 Å². The minimum Gasteiger partial charge on any atom is -0.480 e. The molecule has 0 fully saturated rings. The van der Waals surface area contributed by atoms with Crippen molar-refractivity contribution < 1.29 is 18.3 Å². The van der Waals surface area contributed by atoms with Crippen LogP contribution in [-0.2, 0) is 14.8 Å². The van der Waals surface area contributed by atoms with Crippen molar-refractivity contribution >= 4 is 43.3 Å². The van der Waals surface area contributed by atoms with Gasteiger partial charge in [-0.1, -0.05) is 13.3 Å². The van der Waals surface area contributed by atoms with Crippen LogP contribution in [0.2, 0.25) is 0 Å². The summed E-state index contributed by atoms with van der Waals surface area (Å²) in [5, 5.41) is 8.94. The Morgan fingerprint density at radius 1 is 1.61 bits per heavy atom. The van der Waals surface area contributed by atoms with Crippen molar-refractivity contribution in [2.24, 2.45) is 0 Å². The zero-order valence-corrected chi connectivity index (χ0v) is 13.2. The topological polar surface area (TPSA) is 83.5 Å². The van der Waals surface area contributed by atoms with E-state index >= 15 is 0 Å². The van der Waals surface area contributed by atoms with E-state index in [-0.39, 0.29) is 10.6 Å². The van der Waals surface area contributed by atoms with Crippen LogP contribution in [0.25, 0.3) is 0 Å². The third kappa shape index (κ3) is 3.78. The molecule has 8 heteroatoms. The SMILES string of the molecule is CCC[C@H](NS(=O)(=O)c1cc(C)c(Br)s1)C(=O)O. The van der Waals surface area contributed by atoms with Gasteiger partial charge in [0.25, 0.3) is 10.0 Å². The molecule has 0 saturated heterocycles. The predicted molar refractivity (Wildman–Crippen MR) is 73.4 cm³/mol. The van der Waals surface area contributed by atoms with Crippen LogP contribution in [-0.4, -0.2) is 25.5 Å². The molecule has 0 radical (unpaired) electrons. The van der Waals surface area contributed by atoms with Gasteiger partial charge in [0.05, 0.1) is 3.79 Å². The highest BCUT2D eigenvalue weighted by molar-refractivity contribution is 9.11. The molecule has 0 bridgehead atoms. The summed E-state index contributed by atoms with van der Waals surface area (Å²) in [6.45, 7) is 3.58. The van der Waals surface area contributed by atoms with E-state index in [1.165, 1.54) is 6.07 Å². The quantitative estimate of drug-likeness (QED) is 0.820. The molecule has 0 saturated carbocycles. The van der Waals surface area contributed by atoms with Gasteiger partial charge in [-0.15, -0.1) is 11.3 Å². The molecule has 0 amide bonds. The second kappa shape index (κ2) is 6.14. The minimum absolute atomic E-state index is 0.120. The van der Waals surface area contributed by atoms with Gasteiger partial charge >= 0.3 is 5.97 Å². The summed E-state index contributed by atoms with van der Waals surface area (Å²) in [7, 11) is -3.77. The molecule has 18 heavy (non-hydrogen) atoms. The third-order valence-corrected chi connectivity index (χ3v) is 6.35. The fourth-order valence-corrected chi connectivity index (χ4v) is 4.80. The average molecular weight is 356 g/mol. The first-order valence-electron chi connectivity index (χ1n) is 5.29. The molecule has 0 aromatic carbocycles. The molecule has 5 nitrogen and oxygen atoms in total. The molecule has 1 aromatic heterocycles. The molecule has 0 aliphatic heterocycles. The summed E-state index contributed by atoms with van der Waals surface area (Å²) in [6, 6.07) is 0.434. The van der Waals surface area contributed by atoms with E-state index in [9.17, 15) is 13.2 Å². The van der Waals surface area contributed by atoms with Gasteiger partial charge < -0.3 is 5.11 Å². The molecule has 0 aliphatic carbocycles. The van der Waals surface area contributed by atoms with Crippen molar-refractivity contribution in [1.29, 1.82) is 0 Å². The highest BCUT2D eigenvalue weighted by atomic mass is 79.9. The maximum absolute atomic E-state index is 12.0. The zero-order chi connectivity index (χ0) is 13.9. The van der Waals surface area contributed by atoms with Crippen LogP contribution in [0.1, 0.15) is 25.3 Å². The monoisotopic (exact) mass is 355 g/mol. The standard InChI is InChI=1S/C10H14BrNO4S2/c1-3-4-7(10(13)14)12-18(15,16)8-5-6(2)9(11)17-8/h5,7,12H,3-4H2,1-2H3,(H,13,14)/t7-/m0/s1. The number of hydrogen-bond acceptors (Lipinski definition) is 4. The van der Waals surface area contributed by atoms with E-state index in [1.807, 2.05) is 0 Å². The molecular formula is C10H14BrNO4S2. The van der Waals surface area contributed by atoms with Gasteiger partial charge in [0.2, 0.25) is 0 Å². The second-order valence-corrected chi connectivity index (χ2v) is 8.13. The Morgan fingerprint density at radius 2 is 2.22 bits per heavy atom. The van der Waals surface area contributed by atoms with Crippen LogP contribution in [0.5, 0.6) is 0 Å². The van der Waals surface area contributed by atoms with Crippen molar-refractivity contribution in [1.82, 2.24) is 4.72 Å². The van der Waals surface area contributed by atoms with Gasteiger partial charge in [0.1, 0.15) is 10.3 Å². The molecule has 1 aromatic rings. The lowest BCUT2D eigenvalue weighted by molar-refractivity contribution is -0.139. The Labute approximate surface area is 118 Å². The van der Waals surface area contributed by atoms with Crippen molar-refractivity contribution in [2.75, 3.05) is 0 Å². The van der Waals surface area contributed by atoms with Crippen LogP contribution in [0.4, 0.5) is 0 Å². The number of carboxylic acids is 1. The van der Waals surface area contributed by atoms with Crippen molar-refractivity contribution in [3.63, 3.8) is 0 Å². The highest BCUT2D eigenvalue weighted by Crippen LogP contribution is 2.30. The Bertz CT molecular complexity index is 519. The number of aliphatic carboxylic acids is 1. The van der Waals surface area contributed by atoms with Crippen LogP contribution in [0.3, 0.4) is 0 Å². The second-order valence-electron chi connectivity index (χ2n) is 3.82. The van der Waals surface area contributed by atoms with Gasteiger partial charge in [-0.05, 0) is 40.9 Å². The summed E-state index contributed by atoms with van der Waals surface area (Å²) in [4.78, 5) is 10.9. The number of halogens is 1. The number of thiophene rings is 1. The maximum atomic E-state index is 12.0. The van der Waals surface area contributed by atoms with Gasteiger partial charge in [0.15, 0.2) is 0 Å². The normalized spacial score (nSPS) is 13.5. The lowest BCUT2D eigenvalue weighted by Crippen LogP contribution is -2.40. The van der Waals surface area contributed by atoms with Crippen LogP contribution < -0.4 is 4.72 Å². The van der Waals surface area contributed by atoms with E-state index in [1.54, 1.807) is 13.8 Å². The summed E-state index contributed by atoms with van der Waals surface area (Å²) in [6.07, 6.45) is 0.854. The first kappa shape index (κ1) is 15.6. The summed E-state index contributed by atoms with van der Waals surface area (Å²) in [5.74, 6) is -1.16. The average Bonchev–Trinajstić information content (AvgIpc) is 2.59. The zero-order valence-electron chi connectivity index (χ0n) is 9.94. The van der Waals surface area contributed by atoms with E-state index in [0.29, 0.717) is 6.42 Å². The molecule has 2 N–H and O–H groups in total. The lowest BCUT2D eigenvalue weighted by Gasteiger charge is -2.12. The molecule has 0 aliphatic rings. The Hall–Kier alpha value is -0.440. The number of aryl methyl sites for hydroxylation is 1. The molecule has 1 rings (SSSR count). The smallest absolute Gasteiger partial charge is 0.321 e. The predicted octanol–water partition coefficient (Wildman–Crippen LogP) is 2.35. The third-order valence-electron chi connectivity index (χ3n) is 2.27. The number of carbonyl (C=O) groups is 1. The van der Waals surface area contributed by atoms with Crippen LogP contribution >= 0.6 is 27.3 Å². The molecule has 1 heterocycles. The van der Waals surface area contributed by atoms with E-state index in [4.69, 9.17) is 5.11 Å². The fourth-order valence-electron chi connectivity index (χ4n) is 1.33. The van der Waals surface area contributed by atoms with Gasteiger partial charge in [-0.3, -0.25) is 4.79 Å². The van der Waals surface area contributed by atoms with Gasteiger partial charge in [0, 0.05) is 0 Å². The molecule has 0 unspecified atom stereocenters. The Morgan fingerprint density at radius 3 is 2.61 bits per heavy atom. The minimum atomic E-state index is -3.77. The van der Waals surface area contributed by atoms with Crippen molar-refractivity contribution in [3.05, 3.63) is 15.4 Å². The molecule has 102 valence electrons. The van der Waals surface area contributed by atoms with Crippen LogP contribution in [0.15, 0.2) is 14.1 Å². The number of carboxylic acid groups (broad SMARTS) is 1. The summed E-state index contributed by atoms with van der Waals surface area (Å²) in [5.41, 5.74) is 0.808. The van der Waals surface area contributed by atoms with E-state index in [0.717, 1.165) is 20.7 Å². The molecular weight excluding hydrogens is 342 g/mol. The first-order chi connectivity index (χ1) is 8.27. The number of hydrogen-bond donors (Lipinski definition) is 2. The molecule has 1 atom stereocenters. The maximum Gasteiger partial charge on any atom is 0.321 e. The fraction of sp³-hybridized carbons (Fsp3) is 0.500. The first-order valence-corrected chi connectivity index (χ1v) is 8.38. The van der Waals surface area contributed by atoms with Crippen molar-refractivity contribution in [3.8, 4) is 0 Å². The summed E-state index contributed by atoms with van der Waals surface area (Å²) >= 11 is 4.31. The van der Waals surface area contributed by atoms with Gasteiger partial charge in [-0.25, -0.2) is 8.42 Å². The highest BCUT2D eigenvalue weighted by Gasteiger charge is 2.26. The largest absolute Gasteiger partial charge is 0.480 e. The van der Waals surface area contributed by atoms with Crippen molar-refractivity contribution in [2.45, 2.75) is 36.9 Å². The number of rotatable bonds is 6. The number of sulfonamides is 1. The summed E-state index contributed by atoms with van der Waals surface area (Å²) < 4.78 is 27.1.